The van der Waals surface area contributed by atoms with Crippen LogP contribution in [0.25, 0.3) is 0 Å². The van der Waals surface area contributed by atoms with Crippen LogP contribution >= 0.6 is 11.6 Å². The molecule has 0 saturated carbocycles. The molecule has 0 fully saturated rings. The van der Waals surface area contributed by atoms with E-state index in [0.29, 0.717) is 5.69 Å². The molecule has 0 spiro atoms. The number of nitrogen functional groups attached to an aromatic ring is 1. The molecule has 0 heterocycles. The summed E-state index contributed by atoms with van der Waals surface area (Å²) < 4.78 is 32.4. The van der Waals surface area contributed by atoms with E-state index in [2.05, 4.69) is 9.44 Å². The van der Waals surface area contributed by atoms with Gasteiger partial charge in [0.15, 0.2) is 0 Å². The minimum absolute atomic E-state index is 0.171. The van der Waals surface area contributed by atoms with Gasteiger partial charge in [0.2, 0.25) is 0 Å². The number of methoxy groups -OCH3 is 1. The average molecular weight is 280 g/mol. The van der Waals surface area contributed by atoms with Gasteiger partial charge in [-0.25, -0.2) is 0 Å². The van der Waals surface area contributed by atoms with Crippen molar-refractivity contribution >= 4 is 33.2 Å². The van der Waals surface area contributed by atoms with Crippen molar-refractivity contribution in [1.82, 2.24) is 4.72 Å². The molecule has 0 aromatic heterocycles. The number of benzene rings is 1. The van der Waals surface area contributed by atoms with Crippen LogP contribution < -0.4 is 15.2 Å². The lowest BCUT2D eigenvalue weighted by molar-refractivity contribution is 0.204. The highest BCUT2D eigenvalue weighted by Crippen LogP contribution is 2.27. The summed E-state index contributed by atoms with van der Waals surface area (Å²) in [5, 5.41) is 0.171. The lowest BCUT2D eigenvalue weighted by Gasteiger charge is -2.11. The molecule has 0 unspecified atom stereocenters. The number of nitrogens with two attached hydrogens (primary N) is 1. The molecule has 1 aromatic rings. The third kappa shape index (κ3) is 4.39. The predicted molar refractivity (Wildman–Crippen MR) is 68.3 cm³/mol. The van der Waals surface area contributed by atoms with Crippen LogP contribution in [0.4, 0.5) is 11.4 Å². The zero-order valence-electron chi connectivity index (χ0n) is 9.23. The van der Waals surface area contributed by atoms with E-state index in [9.17, 15) is 8.42 Å². The monoisotopic (exact) mass is 279 g/mol. The van der Waals surface area contributed by atoms with E-state index in [1.807, 2.05) is 0 Å². The fourth-order valence-corrected chi connectivity index (χ4v) is 2.20. The Hall–Kier alpha value is -1.02. The second-order valence-corrected chi connectivity index (χ2v) is 5.08. The summed E-state index contributed by atoms with van der Waals surface area (Å²) in [6.07, 6.45) is 0. The van der Waals surface area contributed by atoms with Gasteiger partial charge in [-0.1, -0.05) is 17.7 Å². The molecule has 0 aliphatic carbocycles. The molecule has 0 amide bonds. The second kappa shape index (κ2) is 6.06. The largest absolute Gasteiger partial charge is 0.397 e. The first kappa shape index (κ1) is 14.0. The van der Waals surface area contributed by atoms with Crippen molar-refractivity contribution in [2.45, 2.75) is 0 Å². The van der Waals surface area contributed by atoms with Crippen LogP contribution in [0.5, 0.6) is 0 Å². The van der Waals surface area contributed by atoms with Crippen LogP contribution in [0.2, 0.25) is 5.02 Å². The predicted octanol–water partition coefficient (Wildman–Crippen LogP) is 0.815. The fourth-order valence-electron chi connectivity index (χ4n) is 1.09. The molecule has 4 N–H and O–H groups in total. The number of hydrogen-bond acceptors (Lipinski definition) is 4. The van der Waals surface area contributed by atoms with Gasteiger partial charge in [-0.2, -0.15) is 13.1 Å². The van der Waals surface area contributed by atoms with Gasteiger partial charge >= 0.3 is 0 Å². The first-order chi connectivity index (χ1) is 7.96. The Morgan fingerprint density at radius 1 is 1.47 bits per heavy atom. The Labute approximate surface area is 105 Å². The smallest absolute Gasteiger partial charge is 0.299 e. The lowest BCUT2D eigenvalue weighted by atomic mass is 10.3. The molecule has 96 valence electrons. The van der Waals surface area contributed by atoms with E-state index in [4.69, 9.17) is 22.1 Å². The van der Waals surface area contributed by atoms with Gasteiger partial charge in [0.05, 0.1) is 23.0 Å². The molecular formula is C9H14ClN3O3S. The SMILES string of the molecule is COCCNS(=O)(=O)Nc1cccc(N)c1Cl. The summed E-state index contributed by atoms with van der Waals surface area (Å²) in [6.45, 7) is 0.456. The third-order valence-corrected chi connectivity index (χ3v) is 3.37. The number of halogens is 1. The molecule has 6 nitrogen and oxygen atoms in total. The Balaban J connectivity index is 2.73. The number of anilines is 2. The highest BCUT2D eigenvalue weighted by Gasteiger charge is 2.12. The van der Waals surface area contributed by atoms with Crippen molar-refractivity contribution < 1.29 is 13.2 Å². The summed E-state index contributed by atoms with van der Waals surface area (Å²) in [4.78, 5) is 0. The number of hydrogen-bond donors (Lipinski definition) is 3. The summed E-state index contributed by atoms with van der Waals surface area (Å²) >= 11 is 5.86. The lowest BCUT2D eigenvalue weighted by Crippen LogP contribution is -2.32. The molecule has 1 aromatic carbocycles. The molecule has 1 rings (SSSR count). The zero-order chi connectivity index (χ0) is 12.9. The quantitative estimate of drug-likeness (QED) is 0.531. The number of rotatable bonds is 6. The Morgan fingerprint density at radius 3 is 2.82 bits per heavy atom. The van der Waals surface area contributed by atoms with Crippen molar-refractivity contribution in [2.24, 2.45) is 0 Å². The van der Waals surface area contributed by atoms with E-state index in [1.165, 1.54) is 13.2 Å². The summed E-state index contributed by atoms with van der Waals surface area (Å²) in [5.74, 6) is 0. The topological polar surface area (TPSA) is 93.4 Å². The van der Waals surface area contributed by atoms with Crippen LogP contribution in [-0.2, 0) is 14.9 Å². The second-order valence-electron chi connectivity index (χ2n) is 3.20. The van der Waals surface area contributed by atoms with Crippen LogP contribution in [0.1, 0.15) is 0 Å². The Kier molecular flexibility index (Phi) is 5.01. The van der Waals surface area contributed by atoms with Crippen LogP contribution in [0.3, 0.4) is 0 Å². The van der Waals surface area contributed by atoms with E-state index in [0.717, 1.165) is 0 Å². The first-order valence-electron chi connectivity index (χ1n) is 4.76. The normalized spacial score (nSPS) is 11.4. The van der Waals surface area contributed by atoms with Crippen molar-refractivity contribution in [1.29, 1.82) is 0 Å². The van der Waals surface area contributed by atoms with Gasteiger partial charge in [0, 0.05) is 13.7 Å². The van der Waals surface area contributed by atoms with Gasteiger partial charge in [0.25, 0.3) is 10.2 Å². The number of nitrogens with one attached hydrogen (secondary N) is 2. The van der Waals surface area contributed by atoms with Crippen molar-refractivity contribution in [3.63, 3.8) is 0 Å². The molecule has 0 radical (unpaired) electrons. The van der Waals surface area contributed by atoms with Crippen molar-refractivity contribution in [2.75, 3.05) is 30.7 Å². The molecule has 0 atom stereocenters. The van der Waals surface area contributed by atoms with Crippen molar-refractivity contribution in [3.8, 4) is 0 Å². The average Bonchev–Trinajstić information content (AvgIpc) is 2.25. The fraction of sp³-hybridized carbons (Fsp3) is 0.333. The van der Waals surface area contributed by atoms with Gasteiger partial charge in [0.1, 0.15) is 0 Å². The molecular weight excluding hydrogens is 266 g/mol. The highest BCUT2D eigenvalue weighted by molar-refractivity contribution is 7.90. The molecule has 17 heavy (non-hydrogen) atoms. The van der Waals surface area contributed by atoms with Crippen molar-refractivity contribution in [3.05, 3.63) is 23.2 Å². The van der Waals surface area contributed by atoms with Crippen LogP contribution in [0.15, 0.2) is 18.2 Å². The molecule has 0 aliphatic rings. The standard InChI is InChI=1S/C9H14ClN3O3S/c1-16-6-5-12-17(14,15)13-8-4-2-3-7(11)9(8)10/h2-4,12-13H,5-6,11H2,1H3. The van der Waals surface area contributed by atoms with Gasteiger partial charge in [-0.3, -0.25) is 4.72 Å². The number of ether oxygens (including phenoxy) is 1. The van der Waals surface area contributed by atoms with E-state index < -0.39 is 10.2 Å². The molecule has 0 bridgehead atoms. The minimum atomic E-state index is -3.67. The summed E-state index contributed by atoms with van der Waals surface area (Å²) in [7, 11) is -2.18. The molecule has 8 heteroatoms. The minimum Gasteiger partial charge on any atom is -0.397 e. The highest BCUT2D eigenvalue weighted by atomic mass is 35.5. The third-order valence-electron chi connectivity index (χ3n) is 1.87. The van der Waals surface area contributed by atoms with E-state index in [1.54, 1.807) is 12.1 Å². The van der Waals surface area contributed by atoms with E-state index >= 15 is 0 Å². The van der Waals surface area contributed by atoms with Gasteiger partial charge in [-0.05, 0) is 12.1 Å². The maximum absolute atomic E-state index is 11.6. The van der Waals surface area contributed by atoms with Crippen LogP contribution in [-0.4, -0.2) is 28.7 Å². The van der Waals surface area contributed by atoms with Gasteiger partial charge in [-0.15, -0.1) is 0 Å². The molecule has 0 aliphatic heterocycles. The van der Waals surface area contributed by atoms with E-state index in [-0.39, 0.29) is 23.9 Å². The Bertz CT molecular complexity index is 478. The zero-order valence-corrected chi connectivity index (χ0v) is 10.8. The summed E-state index contributed by atoms with van der Waals surface area (Å²) in [5.41, 5.74) is 6.10. The maximum Gasteiger partial charge on any atom is 0.299 e. The van der Waals surface area contributed by atoms with Crippen LogP contribution in [0, 0.1) is 0 Å². The van der Waals surface area contributed by atoms with Gasteiger partial charge < -0.3 is 10.5 Å². The molecule has 0 saturated heterocycles. The first-order valence-corrected chi connectivity index (χ1v) is 6.62. The maximum atomic E-state index is 11.6. The summed E-state index contributed by atoms with van der Waals surface area (Å²) in [6, 6.07) is 4.71. The Morgan fingerprint density at radius 2 is 2.18 bits per heavy atom.